The van der Waals surface area contributed by atoms with Crippen molar-refractivity contribution in [1.82, 2.24) is 4.90 Å². The molecule has 2 aliphatic rings. The molecular weight excluding hydrogens is 253 g/mol. The van der Waals surface area contributed by atoms with Gasteiger partial charge in [-0.1, -0.05) is 0 Å². The first-order chi connectivity index (χ1) is 9.06. The third-order valence-corrected chi connectivity index (χ3v) is 4.03. The molecule has 5 heteroatoms. The lowest BCUT2D eigenvalue weighted by Crippen LogP contribution is -2.31. The van der Waals surface area contributed by atoms with E-state index >= 15 is 0 Å². The average molecular weight is 270 g/mol. The molecule has 19 heavy (non-hydrogen) atoms. The number of nitrogens with zero attached hydrogens (tertiary/aromatic N) is 1. The molecule has 104 valence electrons. The highest BCUT2D eigenvalue weighted by Gasteiger charge is 2.38. The summed E-state index contributed by atoms with van der Waals surface area (Å²) in [5, 5.41) is 3.00. The minimum Gasteiger partial charge on any atom is -0.379 e. The zero-order valence-electron chi connectivity index (χ0n) is 10.8. The Morgan fingerprint density at radius 2 is 1.89 bits per heavy atom. The summed E-state index contributed by atoms with van der Waals surface area (Å²) in [7, 11) is 0. The Balaban J connectivity index is 1.70. The number of likely N-dealkylation sites (tertiary alicyclic amines) is 1. The second-order valence-electron chi connectivity index (χ2n) is 5.58. The molecule has 1 aliphatic carbocycles. The third kappa shape index (κ3) is 2.43. The minimum absolute atomic E-state index is 0.0498. The molecule has 0 radical (unpaired) electrons. The normalized spacial score (nSPS) is 27.8. The van der Waals surface area contributed by atoms with Crippen LogP contribution in [0.15, 0.2) is 12.1 Å². The van der Waals surface area contributed by atoms with Crippen molar-refractivity contribution in [2.45, 2.75) is 44.3 Å². The number of anilines is 1. The fraction of sp³-hybridized carbons (Fsp3) is 0.571. The zero-order chi connectivity index (χ0) is 13.6. The van der Waals surface area contributed by atoms with Gasteiger partial charge in [0, 0.05) is 24.7 Å². The zero-order valence-corrected chi connectivity index (χ0v) is 10.8. The van der Waals surface area contributed by atoms with Crippen LogP contribution in [0.2, 0.25) is 0 Å². The maximum Gasteiger partial charge on any atom is 0.196 e. The molecule has 2 fully saturated rings. The fourth-order valence-corrected chi connectivity index (χ4v) is 2.93. The van der Waals surface area contributed by atoms with Gasteiger partial charge in [-0.05, 0) is 38.3 Å². The van der Waals surface area contributed by atoms with Gasteiger partial charge in [0.05, 0.1) is 5.69 Å². The van der Waals surface area contributed by atoms with Crippen molar-refractivity contribution in [3.8, 4) is 0 Å². The lowest BCUT2D eigenvalue weighted by molar-refractivity contribution is 0.257. The summed E-state index contributed by atoms with van der Waals surface area (Å²) in [5.74, 6) is -3.69. The Morgan fingerprint density at radius 3 is 2.58 bits per heavy atom. The van der Waals surface area contributed by atoms with Crippen LogP contribution in [-0.4, -0.2) is 29.6 Å². The smallest absolute Gasteiger partial charge is 0.196 e. The molecule has 1 aliphatic heterocycles. The Hall–Kier alpha value is -1.23. The van der Waals surface area contributed by atoms with Gasteiger partial charge in [-0.15, -0.1) is 0 Å². The van der Waals surface area contributed by atoms with Gasteiger partial charge in [0.2, 0.25) is 0 Å². The number of nitrogens with one attached hydrogen (secondary N) is 1. The summed E-state index contributed by atoms with van der Waals surface area (Å²) in [6.45, 7) is 2.99. The monoisotopic (exact) mass is 270 g/mol. The van der Waals surface area contributed by atoms with Crippen LogP contribution in [0.4, 0.5) is 18.9 Å². The maximum atomic E-state index is 13.6. The van der Waals surface area contributed by atoms with E-state index in [1.807, 2.05) is 0 Å². The SMILES string of the molecule is CC1CC(Nc2ccc(F)c(F)c2F)CN1C1CC1. The molecule has 1 N–H and O–H groups in total. The van der Waals surface area contributed by atoms with Gasteiger partial charge >= 0.3 is 0 Å². The number of hydrogen-bond acceptors (Lipinski definition) is 2. The van der Waals surface area contributed by atoms with E-state index in [1.54, 1.807) is 0 Å². The lowest BCUT2D eigenvalue weighted by atomic mass is 10.1. The van der Waals surface area contributed by atoms with Gasteiger partial charge in [0.25, 0.3) is 0 Å². The third-order valence-electron chi connectivity index (χ3n) is 4.03. The first-order valence-electron chi connectivity index (χ1n) is 6.72. The van der Waals surface area contributed by atoms with E-state index < -0.39 is 17.5 Å². The second kappa shape index (κ2) is 4.71. The highest BCUT2D eigenvalue weighted by atomic mass is 19.2. The van der Waals surface area contributed by atoms with Crippen molar-refractivity contribution in [2.24, 2.45) is 0 Å². The lowest BCUT2D eigenvalue weighted by Gasteiger charge is -2.20. The van der Waals surface area contributed by atoms with Crippen molar-refractivity contribution in [2.75, 3.05) is 11.9 Å². The number of rotatable bonds is 3. The summed E-state index contributed by atoms with van der Waals surface area (Å²) >= 11 is 0. The molecule has 1 heterocycles. The van der Waals surface area contributed by atoms with Crippen LogP contribution in [0.25, 0.3) is 0 Å². The maximum absolute atomic E-state index is 13.6. The molecule has 0 aromatic heterocycles. The quantitative estimate of drug-likeness (QED) is 0.849. The van der Waals surface area contributed by atoms with Gasteiger partial charge in [-0.25, -0.2) is 13.2 Å². The molecule has 3 rings (SSSR count). The molecule has 1 aromatic rings. The van der Waals surface area contributed by atoms with E-state index in [0.717, 1.165) is 19.0 Å². The van der Waals surface area contributed by atoms with E-state index in [1.165, 1.54) is 18.9 Å². The van der Waals surface area contributed by atoms with E-state index in [9.17, 15) is 13.2 Å². The van der Waals surface area contributed by atoms with Crippen molar-refractivity contribution in [1.29, 1.82) is 0 Å². The molecule has 0 spiro atoms. The highest BCUT2D eigenvalue weighted by molar-refractivity contribution is 5.46. The summed E-state index contributed by atoms with van der Waals surface area (Å²) < 4.78 is 39.6. The van der Waals surface area contributed by atoms with E-state index in [2.05, 4.69) is 17.1 Å². The van der Waals surface area contributed by atoms with Gasteiger partial charge in [-0.3, -0.25) is 4.90 Å². The van der Waals surface area contributed by atoms with Crippen LogP contribution in [-0.2, 0) is 0 Å². The molecule has 2 unspecified atom stereocenters. The van der Waals surface area contributed by atoms with Crippen LogP contribution < -0.4 is 5.32 Å². The Kier molecular flexibility index (Phi) is 3.17. The molecule has 1 saturated carbocycles. The summed E-state index contributed by atoms with van der Waals surface area (Å²) in [6, 6.07) is 3.43. The first-order valence-corrected chi connectivity index (χ1v) is 6.72. The van der Waals surface area contributed by atoms with Crippen LogP contribution in [0.3, 0.4) is 0 Å². The fourth-order valence-electron chi connectivity index (χ4n) is 2.93. The molecule has 0 bridgehead atoms. The van der Waals surface area contributed by atoms with Crippen molar-refractivity contribution in [3.63, 3.8) is 0 Å². The van der Waals surface area contributed by atoms with Gasteiger partial charge in [-0.2, -0.15) is 0 Å². The number of halogens is 3. The van der Waals surface area contributed by atoms with Crippen LogP contribution >= 0.6 is 0 Å². The summed E-state index contributed by atoms with van der Waals surface area (Å²) in [6.07, 6.45) is 3.36. The van der Waals surface area contributed by atoms with Crippen LogP contribution in [0, 0.1) is 17.5 Å². The molecule has 0 amide bonds. The molecule has 1 aromatic carbocycles. The van der Waals surface area contributed by atoms with Crippen LogP contribution in [0.5, 0.6) is 0 Å². The molecule has 1 saturated heterocycles. The van der Waals surface area contributed by atoms with Gasteiger partial charge in [0.1, 0.15) is 0 Å². The van der Waals surface area contributed by atoms with E-state index in [-0.39, 0.29) is 11.7 Å². The standard InChI is InChI=1S/C14H17F3N2/c1-8-6-9(7-19(8)10-2-3-10)18-12-5-4-11(15)13(16)14(12)17/h4-5,8-10,18H,2-3,6-7H2,1H3. The van der Waals surface area contributed by atoms with Crippen molar-refractivity contribution in [3.05, 3.63) is 29.6 Å². The van der Waals surface area contributed by atoms with Gasteiger partial charge < -0.3 is 5.32 Å². The minimum atomic E-state index is -1.41. The molecule has 2 atom stereocenters. The van der Waals surface area contributed by atoms with E-state index in [4.69, 9.17) is 0 Å². The van der Waals surface area contributed by atoms with Crippen LogP contribution in [0.1, 0.15) is 26.2 Å². The van der Waals surface area contributed by atoms with E-state index in [0.29, 0.717) is 12.1 Å². The molecule has 2 nitrogen and oxygen atoms in total. The Labute approximate surface area is 110 Å². The van der Waals surface area contributed by atoms with Crippen molar-refractivity contribution >= 4 is 5.69 Å². The first kappa shape index (κ1) is 12.8. The largest absolute Gasteiger partial charge is 0.379 e. The topological polar surface area (TPSA) is 15.3 Å². The Morgan fingerprint density at radius 1 is 1.16 bits per heavy atom. The predicted molar refractivity (Wildman–Crippen MR) is 67.5 cm³/mol. The van der Waals surface area contributed by atoms with Crippen molar-refractivity contribution < 1.29 is 13.2 Å². The molecular formula is C14H17F3N2. The summed E-state index contributed by atoms with van der Waals surface area (Å²) in [5.41, 5.74) is 0.0498. The number of hydrogen-bond donors (Lipinski definition) is 1. The van der Waals surface area contributed by atoms with Gasteiger partial charge in [0.15, 0.2) is 17.5 Å². The Bertz CT molecular complexity index is 488. The predicted octanol–water partition coefficient (Wildman–Crippen LogP) is 3.14. The summed E-state index contributed by atoms with van der Waals surface area (Å²) in [4.78, 5) is 2.41. The average Bonchev–Trinajstić information content (AvgIpc) is 3.15. The number of benzene rings is 1. The highest BCUT2D eigenvalue weighted by Crippen LogP contribution is 2.34. The second-order valence-corrected chi connectivity index (χ2v) is 5.58.